The molecule has 0 amide bonds. The average molecular weight is 267 g/mol. The molecule has 0 aliphatic carbocycles. The van der Waals surface area contributed by atoms with Gasteiger partial charge in [-0.15, -0.1) is 0 Å². The fourth-order valence-electron chi connectivity index (χ4n) is 1.54. The topological polar surface area (TPSA) is 95.1 Å². The summed E-state index contributed by atoms with van der Waals surface area (Å²) < 4.78 is 26.4. The molecule has 1 aromatic heterocycles. The summed E-state index contributed by atoms with van der Waals surface area (Å²) in [6, 6.07) is 6.69. The van der Waals surface area contributed by atoms with Gasteiger partial charge in [-0.25, -0.2) is 8.42 Å². The predicted molar refractivity (Wildman–Crippen MR) is 66.5 cm³/mol. The molecule has 7 heteroatoms. The number of nitrogens with one attached hydrogen (secondary N) is 2. The highest BCUT2D eigenvalue weighted by Crippen LogP contribution is 2.24. The lowest BCUT2D eigenvalue weighted by Gasteiger charge is -2.13. The summed E-state index contributed by atoms with van der Waals surface area (Å²) in [4.78, 5) is 0.0443. The van der Waals surface area contributed by atoms with E-state index >= 15 is 0 Å². The highest BCUT2D eigenvalue weighted by molar-refractivity contribution is 7.92. The van der Waals surface area contributed by atoms with Gasteiger partial charge in [0.05, 0.1) is 18.0 Å². The molecule has 0 radical (unpaired) electrons. The zero-order valence-electron chi connectivity index (χ0n) is 9.66. The lowest BCUT2D eigenvalue weighted by atomic mass is 10.1. The molecule has 1 unspecified atom stereocenters. The number of aliphatic hydroxyl groups is 1. The summed E-state index contributed by atoms with van der Waals surface area (Å²) in [6.07, 6.45) is 1.74. The maximum absolute atomic E-state index is 12.0. The number of H-pyrrole nitrogens is 1. The molecule has 96 valence electrons. The zero-order chi connectivity index (χ0) is 13.2. The van der Waals surface area contributed by atoms with Crippen molar-refractivity contribution in [3.8, 4) is 0 Å². The Bertz CT molecular complexity index is 621. The molecule has 1 aromatic carbocycles. The van der Waals surface area contributed by atoms with Crippen molar-refractivity contribution in [1.82, 2.24) is 10.2 Å². The summed E-state index contributed by atoms with van der Waals surface area (Å²) in [5.74, 6) is 0. The fraction of sp³-hybridized carbons (Fsp3) is 0.182. The number of hydrogen-bond donors (Lipinski definition) is 3. The molecule has 2 rings (SSSR count). The molecule has 0 spiro atoms. The minimum Gasteiger partial charge on any atom is -0.389 e. The largest absolute Gasteiger partial charge is 0.389 e. The second-order valence-corrected chi connectivity index (χ2v) is 5.49. The van der Waals surface area contributed by atoms with E-state index in [4.69, 9.17) is 0 Å². The number of anilines is 1. The maximum atomic E-state index is 12.0. The zero-order valence-corrected chi connectivity index (χ0v) is 10.5. The van der Waals surface area contributed by atoms with E-state index in [0.717, 1.165) is 0 Å². The first-order valence-corrected chi connectivity index (χ1v) is 6.77. The molecule has 0 saturated carbocycles. The van der Waals surface area contributed by atoms with Crippen LogP contribution >= 0.6 is 0 Å². The standard InChI is InChI=1S/C11H13N3O3S/c1-8(15)10-4-2-3-5-11(10)14-18(16,17)9-6-12-13-7-9/h2-8,14-15H,1H3,(H,12,13). The molecule has 2 aromatic rings. The van der Waals surface area contributed by atoms with Crippen LogP contribution in [0.1, 0.15) is 18.6 Å². The van der Waals surface area contributed by atoms with E-state index in [-0.39, 0.29) is 4.90 Å². The van der Waals surface area contributed by atoms with Gasteiger partial charge in [-0.1, -0.05) is 18.2 Å². The van der Waals surface area contributed by atoms with E-state index in [9.17, 15) is 13.5 Å². The minimum atomic E-state index is -3.68. The van der Waals surface area contributed by atoms with Crippen LogP contribution in [0.4, 0.5) is 5.69 Å². The van der Waals surface area contributed by atoms with Gasteiger partial charge in [0.15, 0.2) is 0 Å². The van der Waals surface area contributed by atoms with Crippen molar-refractivity contribution in [3.05, 3.63) is 42.2 Å². The fourth-order valence-corrected chi connectivity index (χ4v) is 2.54. The molecule has 6 nitrogen and oxygen atoms in total. The monoisotopic (exact) mass is 267 g/mol. The SMILES string of the molecule is CC(O)c1ccccc1NS(=O)(=O)c1cn[nH]c1. The summed E-state index contributed by atoms with van der Waals surface area (Å²) >= 11 is 0. The van der Waals surface area contributed by atoms with Crippen molar-refractivity contribution in [2.24, 2.45) is 0 Å². The lowest BCUT2D eigenvalue weighted by Crippen LogP contribution is -2.14. The Balaban J connectivity index is 2.36. The maximum Gasteiger partial charge on any atom is 0.265 e. The Morgan fingerprint density at radius 3 is 2.72 bits per heavy atom. The van der Waals surface area contributed by atoms with Crippen LogP contribution in [0.3, 0.4) is 0 Å². The van der Waals surface area contributed by atoms with Crippen molar-refractivity contribution in [1.29, 1.82) is 0 Å². The predicted octanol–water partition coefficient (Wildman–Crippen LogP) is 1.26. The van der Waals surface area contributed by atoms with E-state index < -0.39 is 16.1 Å². The van der Waals surface area contributed by atoms with Crippen molar-refractivity contribution < 1.29 is 13.5 Å². The third kappa shape index (κ3) is 2.52. The molecule has 18 heavy (non-hydrogen) atoms. The van der Waals surface area contributed by atoms with Gasteiger partial charge in [0.25, 0.3) is 10.0 Å². The molecule has 0 saturated heterocycles. The van der Waals surface area contributed by atoms with Gasteiger partial charge in [-0.2, -0.15) is 5.10 Å². The Morgan fingerprint density at radius 2 is 2.11 bits per heavy atom. The summed E-state index contributed by atoms with van der Waals surface area (Å²) in [5, 5.41) is 15.6. The smallest absolute Gasteiger partial charge is 0.265 e. The summed E-state index contributed by atoms with van der Waals surface area (Å²) in [5.41, 5.74) is 0.873. The van der Waals surface area contributed by atoms with Gasteiger partial charge in [-0.3, -0.25) is 9.82 Å². The van der Waals surface area contributed by atoms with Crippen LogP contribution in [0.5, 0.6) is 0 Å². The van der Waals surface area contributed by atoms with E-state index in [1.165, 1.54) is 12.4 Å². The Hall–Kier alpha value is -1.86. The number of aliphatic hydroxyl groups excluding tert-OH is 1. The van der Waals surface area contributed by atoms with Crippen LogP contribution in [0.2, 0.25) is 0 Å². The van der Waals surface area contributed by atoms with Gasteiger partial charge in [-0.05, 0) is 13.0 Å². The van der Waals surface area contributed by atoms with Crippen LogP contribution in [-0.4, -0.2) is 23.7 Å². The Labute approximate surface area is 105 Å². The van der Waals surface area contributed by atoms with Crippen LogP contribution in [0.25, 0.3) is 0 Å². The number of hydrogen-bond acceptors (Lipinski definition) is 4. The number of para-hydroxylation sites is 1. The average Bonchev–Trinajstić information content (AvgIpc) is 2.83. The van der Waals surface area contributed by atoms with Gasteiger partial charge in [0.1, 0.15) is 4.90 Å². The number of benzene rings is 1. The van der Waals surface area contributed by atoms with Gasteiger partial charge < -0.3 is 5.11 Å². The van der Waals surface area contributed by atoms with Gasteiger partial charge in [0, 0.05) is 11.8 Å². The molecule has 1 atom stereocenters. The number of aromatic amines is 1. The lowest BCUT2D eigenvalue weighted by molar-refractivity contribution is 0.200. The van der Waals surface area contributed by atoms with Gasteiger partial charge >= 0.3 is 0 Å². The molecule has 0 aliphatic rings. The van der Waals surface area contributed by atoms with Crippen LogP contribution in [-0.2, 0) is 10.0 Å². The highest BCUT2D eigenvalue weighted by atomic mass is 32.2. The van der Waals surface area contributed by atoms with E-state index in [1.807, 2.05) is 0 Å². The third-order valence-corrected chi connectivity index (χ3v) is 3.77. The summed E-state index contributed by atoms with van der Waals surface area (Å²) in [7, 11) is -3.68. The minimum absolute atomic E-state index is 0.0443. The Morgan fingerprint density at radius 1 is 1.39 bits per heavy atom. The third-order valence-electron chi connectivity index (χ3n) is 2.44. The van der Waals surface area contributed by atoms with Crippen LogP contribution < -0.4 is 4.72 Å². The molecular weight excluding hydrogens is 254 g/mol. The van der Waals surface area contributed by atoms with E-state index in [2.05, 4.69) is 14.9 Å². The van der Waals surface area contributed by atoms with Crippen molar-refractivity contribution in [2.45, 2.75) is 17.9 Å². The quantitative estimate of drug-likeness (QED) is 0.777. The second kappa shape index (κ2) is 4.79. The van der Waals surface area contributed by atoms with E-state index in [0.29, 0.717) is 11.3 Å². The van der Waals surface area contributed by atoms with Crippen LogP contribution in [0.15, 0.2) is 41.6 Å². The van der Waals surface area contributed by atoms with Crippen molar-refractivity contribution in [2.75, 3.05) is 4.72 Å². The second-order valence-electron chi connectivity index (χ2n) is 3.80. The first kappa shape index (κ1) is 12.6. The molecule has 3 N–H and O–H groups in total. The molecule has 0 fully saturated rings. The number of aromatic nitrogens is 2. The Kier molecular flexibility index (Phi) is 3.35. The molecule has 1 heterocycles. The first-order chi connectivity index (χ1) is 8.50. The van der Waals surface area contributed by atoms with Crippen molar-refractivity contribution in [3.63, 3.8) is 0 Å². The summed E-state index contributed by atoms with van der Waals surface area (Å²) in [6.45, 7) is 1.57. The number of rotatable bonds is 4. The number of nitrogens with zero attached hydrogens (tertiary/aromatic N) is 1. The number of sulfonamides is 1. The molecular formula is C11H13N3O3S. The molecule has 0 aliphatic heterocycles. The van der Waals surface area contributed by atoms with Gasteiger partial charge in [0.2, 0.25) is 0 Å². The normalized spacial score (nSPS) is 13.2. The molecule has 0 bridgehead atoms. The van der Waals surface area contributed by atoms with E-state index in [1.54, 1.807) is 31.2 Å². The van der Waals surface area contributed by atoms with Crippen LogP contribution in [0, 0.1) is 0 Å². The first-order valence-electron chi connectivity index (χ1n) is 5.29. The van der Waals surface area contributed by atoms with Crippen molar-refractivity contribution >= 4 is 15.7 Å². The highest BCUT2D eigenvalue weighted by Gasteiger charge is 2.17.